The number of pyridine rings is 1. The zero-order chi connectivity index (χ0) is 21.4. The summed E-state index contributed by atoms with van der Waals surface area (Å²) < 4.78 is 12.3. The summed E-state index contributed by atoms with van der Waals surface area (Å²) in [5.41, 5.74) is 2.66. The van der Waals surface area contributed by atoms with E-state index in [1.54, 1.807) is 13.3 Å². The second kappa shape index (κ2) is 8.21. The Morgan fingerprint density at radius 1 is 1.23 bits per heavy atom. The van der Waals surface area contributed by atoms with Crippen molar-refractivity contribution in [2.75, 3.05) is 13.7 Å². The average Bonchev–Trinajstić information content (AvgIpc) is 3.18. The Balaban J connectivity index is 1.55. The molecule has 0 spiro atoms. The van der Waals surface area contributed by atoms with Gasteiger partial charge in [-0.25, -0.2) is 0 Å². The van der Waals surface area contributed by atoms with Gasteiger partial charge in [-0.1, -0.05) is 41.9 Å². The number of hydrogen-bond acceptors (Lipinski definition) is 5. The van der Waals surface area contributed by atoms with Crippen molar-refractivity contribution in [3.8, 4) is 22.8 Å². The van der Waals surface area contributed by atoms with Crippen LogP contribution < -0.4 is 14.8 Å². The molecule has 156 valence electrons. The zero-order valence-corrected chi connectivity index (χ0v) is 18.3. The van der Waals surface area contributed by atoms with Crippen molar-refractivity contribution in [2.24, 2.45) is 0 Å². The Morgan fingerprint density at radius 3 is 2.94 bits per heavy atom. The summed E-state index contributed by atoms with van der Waals surface area (Å²) in [5.74, 6) is 1.20. The third kappa shape index (κ3) is 3.62. The number of fused-ring (bicyclic) bond motifs is 2. The predicted molar refractivity (Wildman–Crippen MR) is 123 cm³/mol. The molecule has 0 saturated carbocycles. The highest BCUT2D eigenvalue weighted by Gasteiger charge is 2.27. The molecule has 0 radical (unpaired) electrons. The van der Waals surface area contributed by atoms with Gasteiger partial charge in [0.05, 0.1) is 30.2 Å². The van der Waals surface area contributed by atoms with E-state index < -0.39 is 0 Å². The minimum absolute atomic E-state index is 0.113. The van der Waals surface area contributed by atoms with E-state index in [1.165, 1.54) is 11.3 Å². The highest BCUT2D eigenvalue weighted by molar-refractivity contribution is 7.21. The minimum atomic E-state index is -0.170. The zero-order valence-electron chi connectivity index (χ0n) is 16.7. The Morgan fingerprint density at radius 2 is 2.10 bits per heavy atom. The molecule has 2 aromatic carbocycles. The van der Waals surface area contributed by atoms with Crippen LogP contribution in [0.1, 0.15) is 27.7 Å². The molecule has 1 unspecified atom stereocenters. The van der Waals surface area contributed by atoms with Crippen LogP contribution in [0.25, 0.3) is 21.3 Å². The molecule has 2 aromatic heterocycles. The number of nitrogens with one attached hydrogen (secondary N) is 1. The lowest BCUT2D eigenvalue weighted by molar-refractivity contribution is 0.0926. The summed E-state index contributed by atoms with van der Waals surface area (Å²) in [6.45, 7) is 0.564. The van der Waals surface area contributed by atoms with E-state index in [2.05, 4.69) is 10.3 Å². The molecule has 1 atom stereocenters. The van der Waals surface area contributed by atoms with E-state index in [4.69, 9.17) is 21.1 Å². The van der Waals surface area contributed by atoms with Gasteiger partial charge in [-0.3, -0.25) is 9.78 Å². The molecule has 1 aliphatic rings. The number of rotatable bonds is 4. The fraction of sp³-hybridized carbons (Fsp3) is 0.167. The van der Waals surface area contributed by atoms with Gasteiger partial charge in [0.1, 0.15) is 16.4 Å². The quantitative estimate of drug-likeness (QED) is 0.422. The smallest absolute Gasteiger partial charge is 0.265 e. The number of carbonyl (C=O) groups excluding carboxylic acids is 1. The van der Waals surface area contributed by atoms with Crippen molar-refractivity contribution in [1.82, 2.24) is 10.3 Å². The van der Waals surface area contributed by atoms with Crippen molar-refractivity contribution >= 4 is 38.9 Å². The van der Waals surface area contributed by atoms with Gasteiger partial charge in [0.25, 0.3) is 5.91 Å². The molecule has 0 saturated heterocycles. The van der Waals surface area contributed by atoms with Crippen LogP contribution in [-0.2, 0) is 0 Å². The number of para-hydroxylation sites is 1. The summed E-state index contributed by atoms with van der Waals surface area (Å²) in [5, 5.41) is 4.66. The molecule has 0 fully saturated rings. The Kier molecular flexibility index (Phi) is 5.26. The largest absolute Gasteiger partial charge is 0.494 e. The number of halogens is 1. The van der Waals surface area contributed by atoms with Crippen molar-refractivity contribution in [2.45, 2.75) is 12.5 Å². The maximum Gasteiger partial charge on any atom is 0.265 e. The summed E-state index contributed by atoms with van der Waals surface area (Å²) in [6, 6.07) is 17.1. The van der Waals surface area contributed by atoms with Crippen LogP contribution in [0.2, 0.25) is 5.02 Å². The number of thiophene rings is 1. The van der Waals surface area contributed by atoms with E-state index in [0.717, 1.165) is 32.7 Å². The summed E-state index contributed by atoms with van der Waals surface area (Å²) >= 11 is 7.57. The fourth-order valence-electron chi connectivity index (χ4n) is 3.91. The number of ether oxygens (including phenoxy) is 2. The Labute approximate surface area is 188 Å². The Hall–Kier alpha value is -3.09. The van der Waals surface area contributed by atoms with E-state index in [-0.39, 0.29) is 11.9 Å². The average molecular weight is 451 g/mol. The first kappa shape index (κ1) is 19.8. The SMILES string of the molecule is COc1c(C(=O)NC2CCOc3ccccc32)sc2c(-c3cccc(Cl)c3)nccc12. The monoisotopic (exact) mass is 450 g/mol. The van der Waals surface area contributed by atoms with Gasteiger partial charge >= 0.3 is 0 Å². The molecule has 31 heavy (non-hydrogen) atoms. The van der Waals surface area contributed by atoms with Crippen LogP contribution in [0.4, 0.5) is 0 Å². The first-order valence-corrected chi connectivity index (χ1v) is 11.1. The highest BCUT2D eigenvalue weighted by atomic mass is 35.5. The van der Waals surface area contributed by atoms with Gasteiger partial charge in [-0.15, -0.1) is 11.3 Å². The van der Waals surface area contributed by atoms with Gasteiger partial charge in [-0.05, 0) is 24.3 Å². The van der Waals surface area contributed by atoms with Crippen LogP contribution >= 0.6 is 22.9 Å². The molecule has 5 nitrogen and oxygen atoms in total. The molecule has 3 heterocycles. The van der Waals surface area contributed by atoms with Gasteiger partial charge in [-0.2, -0.15) is 0 Å². The second-order valence-electron chi connectivity index (χ2n) is 7.21. The van der Waals surface area contributed by atoms with Crippen molar-refractivity contribution < 1.29 is 14.3 Å². The summed E-state index contributed by atoms with van der Waals surface area (Å²) in [7, 11) is 1.58. The van der Waals surface area contributed by atoms with Crippen LogP contribution in [0.15, 0.2) is 60.8 Å². The molecule has 1 aliphatic heterocycles. The van der Waals surface area contributed by atoms with Crippen molar-refractivity contribution in [1.29, 1.82) is 0 Å². The number of benzene rings is 2. The molecule has 7 heteroatoms. The summed E-state index contributed by atoms with van der Waals surface area (Å²) in [4.78, 5) is 18.4. The van der Waals surface area contributed by atoms with Crippen LogP contribution in [0.3, 0.4) is 0 Å². The number of nitrogens with zero attached hydrogens (tertiary/aromatic N) is 1. The van der Waals surface area contributed by atoms with Gasteiger partial charge < -0.3 is 14.8 Å². The molecular formula is C24H19ClN2O3S. The molecule has 0 bridgehead atoms. The molecule has 1 amide bonds. The number of methoxy groups -OCH3 is 1. The van der Waals surface area contributed by atoms with E-state index in [9.17, 15) is 4.79 Å². The van der Waals surface area contributed by atoms with Gasteiger partial charge in [0, 0.05) is 34.2 Å². The van der Waals surface area contributed by atoms with Gasteiger partial charge in [0.2, 0.25) is 0 Å². The molecule has 4 aromatic rings. The standard InChI is InChI=1S/C24H19ClN2O3S/c1-29-21-17-9-11-26-20(14-5-4-6-15(25)13-14)22(17)31-23(21)24(28)27-18-10-12-30-19-8-3-2-7-16(18)19/h2-9,11,13,18H,10,12H2,1H3,(H,27,28). The molecule has 5 rings (SSSR count). The lowest BCUT2D eigenvalue weighted by Gasteiger charge is -2.26. The van der Waals surface area contributed by atoms with E-state index >= 15 is 0 Å². The topological polar surface area (TPSA) is 60.5 Å². The number of aromatic nitrogens is 1. The molecule has 1 N–H and O–H groups in total. The lowest BCUT2D eigenvalue weighted by atomic mass is 10.0. The van der Waals surface area contributed by atoms with Crippen molar-refractivity contribution in [3.05, 3.63) is 76.3 Å². The molecule has 0 aliphatic carbocycles. The fourth-order valence-corrected chi connectivity index (χ4v) is 5.28. The number of carbonyl (C=O) groups is 1. The Bertz CT molecular complexity index is 1290. The lowest BCUT2D eigenvalue weighted by Crippen LogP contribution is -2.31. The molecular weight excluding hydrogens is 432 g/mol. The first-order chi connectivity index (χ1) is 15.2. The van der Waals surface area contributed by atoms with Crippen LogP contribution in [0, 0.1) is 0 Å². The minimum Gasteiger partial charge on any atom is -0.494 e. The maximum atomic E-state index is 13.3. The second-order valence-corrected chi connectivity index (χ2v) is 8.67. The normalized spacial score (nSPS) is 15.2. The predicted octanol–water partition coefficient (Wildman–Crippen LogP) is 5.88. The number of hydrogen-bond donors (Lipinski definition) is 1. The number of amides is 1. The van der Waals surface area contributed by atoms with E-state index in [0.29, 0.717) is 28.7 Å². The van der Waals surface area contributed by atoms with E-state index in [1.807, 2.05) is 54.6 Å². The van der Waals surface area contributed by atoms with Crippen LogP contribution in [-0.4, -0.2) is 24.6 Å². The third-order valence-corrected chi connectivity index (χ3v) is 6.76. The summed E-state index contributed by atoms with van der Waals surface area (Å²) in [6.07, 6.45) is 2.44. The van der Waals surface area contributed by atoms with Crippen molar-refractivity contribution in [3.63, 3.8) is 0 Å². The van der Waals surface area contributed by atoms with Gasteiger partial charge in [0.15, 0.2) is 0 Å². The van der Waals surface area contributed by atoms with Crippen LogP contribution in [0.5, 0.6) is 11.5 Å². The maximum absolute atomic E-state index is 13.3. The highest BCUT2D eigenvalue weighted by Crippen LogP contribution is 2.42. The first-order valence-electron chi connectivity index (χ1n) is 9.89. The third-order valence-electron chi connectivity index (χ3n) is 5.33.